The van der Waals surface area contributed by atoms with Crippen LogP contribution in [0.5, 0.6) is 0 Å². The summed E-state index contributed by atoms with van der Waals surface area (Å²) in [5, 5.41) is 0. The molecule has 1 heterocycles. The maximum absolute atomic E-state index is 12.1. The second-order valence-electron chi connectivity index (χ2n) is 6.55. The summed E-state index contributed by atoms with van der Waals surface area (Å²) in [4.78, 5) is 35.5. The van der Waals surface area contributed by atoms with Crippen molar-refractivity contribution < 1.29 is 23.9 Å². The van der Waals surface area contributed by atoms with E-state index in [1.54, 1.807) is 6.92 Å². The van der Waals surface area contributed by atoms with Gasteiger partial charge in [0.25, 0.3) is 0 Å². The fourth-order valence-corrected chi connectivity index (χ4v) is 3.41. The number of ketones is 1. The lowest BCUT2D eigenvalue weighted by Crippen LogP contribution is -2.37. The first-order valence-corrected chi connectivity index (χ1v) is 7.85. The number of ether oxygens (including phenoxy) is 2. The van der Waals surface area contributed by atoms with Crippen molar-refractivity contribution in [3.63, 3.8) is 0 Å². The summed E-state index contributed by atoms with van der Waals surface area (Å²) in [5.74, 6) is -1.18. The van der Waals surface area contributed by atoms with Gasteiger partial charge in [0, 0.05) is 31.6 Å². The van der Waals surface area contributed by atoms with Crippen LogP contribution >= 0.6 is 0 Å². The molecule has 5 heteroatoms. The summed E-state index contributed by atoms with van der Waals surface area (Å²) in [7, 11) is 0. The molecule has 22 heavy (non-hydrogen) atoms. The van der Waals surface area contributed by atoms with Gasteiger partial charge in [0.1, 0.15) is 18.0 Å². The molecule has 1 aliphatic heterocycles. The van der Waals surface area contributed by atoms with Crippen LogP contribution in [-0.2, 0) is 23.9 Å². The van der Waals surface area contributed by atoms with Gasteiger partial charge < -0.3 is 9.47 Å². The standard InChI is InChI=1S/C17H24O5/c1-9-5-6-13(19)10(2)8-15-16(11(3)17(20)22-15)14(7-9)21-12(4)18/h5,10-11,14-16H,6-8H2,1-4H3/b9-5-/t10-,11+,14-,15+,16-/m0/s1. The molecule has 0 saturated carbocycles. The average molecular weight is 308 g/mol. The molecule has 0 bridgehead atoms. The van der Waals surface area contributed by atoms with Crippen LogP contribution < -0.4 is 0 Å². The van der Waals surface area contributed by atoms with E-state index < -0.39 is 0 Å². The average Bonchev–Trinajstić information content (AvgIpc) is 2.69. The first kappa shape index (κ1) is 16.7. The zero-order valence-corrected chi connectivity index (χ0v) is 13.6. The lowest BCUT2D eigenvalue weighted by Gasteiger charge is -2.30. The van der Waals surface area contributed by atoms with E-state index in [0.717, 1.165) is 5.57 Å². The molecule has 0 aromatic heterocycles. The highest BCUT2D eigenvalue weighted by Crippen LogP contribution is 2.38. The maximum atomic E-state index is 12.1. The van der Waals surface area contributed by atoms with Crippen molar-refractivity contribution in [2.75, 3.05) is 0 Å². The number of Topliss-reactive ketones (excluding diaryl/α,β-unsaturated/α-hetero) is 1. The van der Waals surface area contributed by atoms with Crippen LogP contribution in [0.1, 0.15) is 47.0 Å². The summed E-state index contributed by atoms with van der Waals surface area (Å²) >= 11 is 0. The van der Waals surface area contributed by atoms with Gasteiger partial charge in [0.05, 0.1) is 5.92 Å². The number of rotatable bonds is 1. The van der Waals surface area contributed by atoms with Crippen LogP contribution in [0, 0.1) is 17.8 Å². The Balaban J connectivity index is 2.35. The molecule has 2 aliphatic rings. The van der Waals surface area contributed by atoms with Gasteiger partial charge in [-0.15, -0.1) is 0 Å². The van der Waals surface area contributed by atoms with Crippen molar-refractivity contribution in [2.45, 2.75) is 59.2 Å². The Morgan fingerprint density at radius 2 is 2.00 bits per heavy atom. The Kier molecular flexibility index (Phi) is 5.04. The van der Waals surface area contributed by atoms with Crippen molar-refractivity contribution in [2.24, 2.45) is 17.8 Å². The molecule has 2 rings (SSSR count). The number of esters is 2. The summed E-state index contributed by atoms with van der Waals surface area (Å²) in [6.07, 6.45) is 2.55. The molecule has 0 radical (unpaired) electrons. The van der Waals surface area contributed by atoms with Crippen molar-refractivity contribution in [3.8, 4) is 0 Å². The van der Waals surface area contributed by atoms with Gasteiger partial charge >= 0.3 is 11.9 Å². The second kappa shape index (κ2) is 6.63. The summed E-state index contributed by atoms with van der Waals surface area (Å²) in [5.41, 5.74) is 0.999. The predicted molar refractivity (Wildman–Crippen MR) is 79.9 cm³/mol. The van der Waals surface area contributed by atoms with E-state index >= 15 is 0 Å². The van der Waals surface area contributed by atoms with Crippen LogP contribution in [0.3, 0.4) is 0 Å². The van der Waals surface area contributed by atoms with E-state index in [1.165, 1.54) is 6.92 Å². The molecule has 1 aliphatic carbocycles. The number of fused-ring (bicyclic) bond motifs is 1. The smallest absolute Gasteiger partial charge is 0.309 e. The number of hydrogen-bond acceptors (Lipinski definition) is 5. The van der Waals surface area contributed by atoms with Gasteiger partial charge in [0.2, 0.25) is 0 Å². The van der Waals surface area contributed by atoms with Crippen LogP contribution in [0.15, 0.2) is 11.6 Å². The van der Waals surface area contributed by atoms with E-state index in [0.29, 0.717) is 19.3 Å². The first-order chi connectivity index (χ1) is 10.3. The zero-order valence-electron chi connectivity index (χ0n) is 13.6. The Bertz CT molecular complexity index is 507. The number of allylic oxidation sites excluding steroid dienone is 1. The topological polar surface area (TPSA) is 69.7 Å². The molecule has 0 unspecified atom stereocenters. The molecule has 0 aromatic rings. The largest absolute Gasteiger partial charge is 0.462 e. The molecular formula is C17H24O5. The molecule has 1 saturated heterocycles. The van der Waals surface area contributed by atoms with Crippen molar-refractivity contribution >= 4 is 17.7 Å². The number of hydrogen-bond donors (Lipinski definition) is 0. The van der Waals surface area contributed by atoms with Gasteiger partial charge in [0.15, 0.2) is 0 Å². The number of carbonyl (C=O) groups is 3. The first-order valence-electron chi connectivity index (χ1n) is 7.85. The summed E-state index contributed by atoms with van der Waals surface area (Å²) < 4.78 is 11.0. The molecule has 0 N–H and O–H groups in total. The quantitative estimate of drug-likeness (QED) is 0.549. The molecule has 0 spiro atoms. The Morgan fingerprint density at radius 3 is 2.64 bits per heavy atom. The van der Waals surface area contributed by atoms with Gasteiger partial charge in [-0.25, -0.2) is 0 Å². The van der Waals surface area contributed by atoms with E-state index in [4.69, 9.17) is 9.47 Å². The minimum absolute atomic E-state index is 0.152. The molecule has 0 amide bonds. The second-order valence-corrected chi connectivity index (χ2v) is 6.55. The molecule has 1 fully saturated rings. The minimum atomic E-state index is -0.388. The predicted octanol–water partition coefficient (Wildman–Crippen LogP) is 2.43. The maximum Gasteiger partial charge on any atom is 0.309 e. The third kappa shape index (κ3) is 3.57. The SMILES string of the molecule is CC(=O)O[C@H]1C/C(C)=C\CC(=O)[C@@H](C)C[C@H]2OC(=O)[C@H](C)[C@@H]12. The minimum Gasteiger partial charge on any atom is -0.462 e. The highest BCUT2D eigenvalue weighted by molar-refractivity contribution is 5.82. The Hall–Kier alpha value is -1.65. The molecular weight excluding hydrogens is 284 g/mol. The lowest BCUT2D eigenvalue weighted by molar-refractivity contribution is -0.151. The fourth-order valence-electron chi connectivity index (χ4n) is 3.41. The lowest BCUT2D eigenvalue weighted by atomic mass is 9.79. The fraction of sp³-hybridized carbons (Fsp3) is 0.706. The highest BCUT2D eigenvalue weighted by atomic mass is 16.6. The van der Waals surface area contributed by atoms with E-state index in [2.05, 4.69) is 0 Å². The van der Waals surface area contributed by atoms with Gasteiger partial charge in [-0.3, -0.25) is 14.4 Å². The van der Waals surface area contributed by atoms with Crippen LogP contribution in [-0.4, -0.2) is 29.9 Å². The van der Waals surface area contributed by atoms with Gasteiger partial charge in [-0.1, -0.05) is 25.5 Å². The molecule has 0 aromatic carbocycles. The zero-order chi connectivity index (χ0) is 16.4. The highest BCUT2D eigenvalue weighted by Gasteiger charge is 2.48. The van der Waals surface area contributed by atoms with Crippen molar-refractivity contribution in [1.82, 2.24) is 0 Å². The van der Waals surface area contributed by atoms with E-state index in [-0.39, 0.29) is 47.7 Å². The van der Waals surface area contributed by atoms with Crippen LogP contribution in [0.2, 0.25) is 0 Å². The number of carbonyl (C=O) groups excluding carboxylic acids is 3. The molecule has 5 nitrogen and oxygen atoms in total. The van der Waals surface area contributed by atoms with Crippen LogP contribution in [0.4, 0.5) is 0 Å². The van der Waals surface area contributed by atoms with E-state index in [9.17, 15) is 14.4 Å². The third-order valence-corrected chi connectivity index (χ3v) is 4.70. The molecule has 122 valence electrons. The molecule has 5 atom stereocenters. The van der Waals surface area contributed by atoms with Crippen molar-refractivity contribution in [1.29, 1.82) is 0 Å². The van der Waals surface area contributed by atoms with Crippen molar-refractivity contribution in [3.05, 3.63) is 11.6 Å². The Morgan fingerprint density at radius 1 is 1.32 bits per heavy atom. The van der Waals surface area contributed by atoms with Gasteiger partial charge in [-0.05, 0) is 13.3 Å². The summed E-state index contributed by atoms with van der Waals surface area (Å²) in [6.45, 7) is 6.97. The Labute approximate surface area is 131 Å². The van der Waals surface area contributed by atoms with E-state index in [1.807, 2.05) is 19.9 Å². The normalized spacial score (nSPS) is 38.5. The monoisotopic (exact) mass is 308 g/mol. The summed E-state index contributed by atoms with van der Waals surface area (Å²) in [6, 6.07) is 0. The third-order valence-electron chi connectivity index (χ3n) is 4.70. The van der Waals surface area contributed by atoms with Gasteiger partial charge in [-0.2, -0.15) is 0 Å². The van der Waals surface area contributed by atoms with Crippen LogP contribution in [0.25, 0.3) is 0 Å².